The molecule has 0 saturated heterocycles. The molecule has 0 saturated carbocycles. The summed E-state index contributed by atoms with van der Waals surface area (Å²) >= 11 is 0. The normalized spacial score (nSPS) is 20.5. The molecule has 1 aromatic rings. The van der Waals surface area contributed by atoms with Gasteiger partial charge in [0.25, 0.3) is 0 Å². The first kappa shape index (κ1) is 10.4. The number of rotatable bonds is 0. The number of ketones is 1. The number of fused-ring (bicyclic) bond motifs is 2. The molecular formula is C13H14O4. The van der Waals surface area contributed by atoms with E-state index in [2.05, 4.69) is 0 Å². The molecule has 2 aliphatic rings. The average Bonchev–Trinajstić information content (AvgIpc) is 2.25. The molecule has 1 aromatic carbocycles. The molecule has 0 aliphatic carbocycles. The van der Waals surface area contributed by atoms with Crippen molar-refractivity contribution >= 4 is 5.78 Å². The third-order valence-corrected chi connectivity index (χ3v) is 2.92. The fraction of sp³-hybridized carbons (Fsp3) is 0.462. The number of hydrogen-bond donors (Lipinski definition) is 0. The Bertz CT molecular complexity index is 490. The van der Waals surface area contributed by atoms with Crippen molar-refractivity contribution in [2.75, 3.05) is 13.2 Å². The molecule has 0 amide bonds. The highest BCUT2D eigenvalue weighted by Gasteiger charge is 2.34. The summed E-state index contributed by atoms with van der Waals surface area (Å²) in [5.74, 6) is 1.97. The summed E-state index contributed by atoms with van der Waals surface area (Å²) in [6.45, 7) is 4.87. The first-order valence-electron chi connectivity index (χ1n) is 5.71. The Morgan fingerprint density at radius 3 is 2.41 bits per heavy atom. The van der Waals surface area contributed by atoms with Gasteiger partial charge in [-0.25, -0.2) is 0 Å². The highest BCUT2D eigenvalue weighted by Crippen LogP contribution is 2.41. The first-order valence-corrected chi connectivity index (χ1v) is 5.71. The summed E-state index contributed by atoms with van der Waals surface area (Å²) in [4.78, 5) is 12.0. The Hall–Kier alpha value is -1.71. The smallest absolute Gasteiger partial charge is 0.170 e. The van der Waals surface area contributed by atoms with E-state index in [4.69, 9.17) is 14.2 Å². The van der Waals surface area contributed by atoms with Crippen LogP contribution in [0.2, 0.25) is 0 Å². The van der Waals surface area contributed by atoms with E-state index in [1.807, 2.05) is 13.8 Å². The quantitative estimate of drug-likeness (QED) is 0.690. The Morgan fingerprint density at radius 2 is 1.71 bits per heavy atom. The van der Waals surface area contributed by atoms with Gasteiger partial charge in [0.15, 0.2) is 17.3 Å². The minimum absolute atomic E-state index is 0.0909. The average molecular weight is 234 g/mol. The zero-order valence-electron chi connectivity index (χ0n) is 9.91. The molecule has 0 fully saturated rings. The van der Waals surface area contributed by atoms with Crippen molar-refractivity contribution in [3.05, 3.63) is 17.7 Å². The van der Waals surface area contributed by atoms with Crippen molar-refractivity contribution < 1.29 is 19.0 Å². The summed E-state index contributed by atoms with van der Waals surface area (Å²) in [6, 6.07) is 3.48. The monoisotopic (exact) mass is 234 g/mol. The molecule has 0 N–H and O–H groups in total. The van der Waals surface area contributed by atoms with Crippen molar-refractivity contribution in [2.45, 2.75) is 25.9 Å². The fourth-order valence-corrected chi connectivity index (χ4v) is 2.19. The van der Waals surface area contributed by atoms with Crippen LogP contribution in [0.1, 0.15) is 30.6 Å². The number of hydrogen-bond acceptors (Lipinski definition) is 4. The molecule has 0 spiro atoms. The molecule has 0 unspecified atom stereocenters. The van der Waals surface area contributed by atoms with Gasteiger partial charge in [0.1, 0.15) is 24.6 Å². The maximum absolute atomic E-state index is 12.0. The van der Waals surface area contributed by atoms with Crippen molar-refractivity contribution in [3.63, 3.8) is 0 Å². The lowest BCUT2D eigenvalue weighted by atomic mass is 9.93. The largest absolute Gasteiger partial charge is 0.486 e. The first-order chi connectivity index (χ1) is 8.05. The van der Waals surface area contributed by atoms with Crippen LogP contribution in [0.5, 0.6) is 17.2 Å². The highest BCUT2D eigenvalue weighted by atomic mass is 16.6. The molecule has 4 heteroatoms. The van der Waals surface area contributed by atoms with Crippen LogP contribution < -0.4 is 14.2 Å². The van der Waals surface area contributed by atoms with Gasteiger partial charge in [0, 0.05) is 6.07 Å². The number of carbonyl (C=O) groups excluding carboxylic acids is 1. The van der Waals surface area contributed by atoms with Crippen molar-refractivity contribution in [2.24, 2.45) is 0 Å². The van der Waals surface area contributed by atoms with E-state index in [-0.39, 0.29) is 5.78 Å². The molecule has 3 rings (SSSR count). The predicted octanol–water partition coefficient (Wildman–Crippen LogP) is 2.20. The van der Waals surface area contributed by atoms with Gasteiger partial charge in [0.2, 0.25) is 0 Å². The zero-order chi connectivity index (χ0) is 12.0. The van der Waals surface area contributed by atoms with Crippen LogP contribution in [0.4, 0.5) is 0 Å². The van der Waals surface area contributed by atoms with Crippen LogP contribution in [-0.2, 0) is 0 Å². The van der Waals surface area contributed by atoms with Crippen molar-refractivity contribution in [1.29, 1.82) is 0 Å². The van der Waals surface area contributed by atoms with Gasteiger partial charge < -0.3 is 14.2 Å². The fourth-order valence-electron chi connectivity index (χ4n) is 2.19. The second-order valence-electron chi connectivity index (χ2n) is 4.95. The second kappa shape index (κ2) is 3.39. The standard InChI is InChI=1S/C13H14O4/c1-13(2)7-9(14)8-5-11-12(6-10(8)17-13)16-4-3-15-11/h5-6H,3-4,7H2,1-2H3. The van der Waals surface area contributed by atoms with Gasteiger partial charge in [-0.2, -0.15) is 0 Å². The zero-order valence-corrected chi connectivity index (χ0v) is 9.91. The molecule has 2 aliphatic heterocycles. The SMILES string of the molecule is CC1(C)CC(=O)c2cc3c(cc2O1)OCCO3. The lowest BCUT2D eigenvalue weighted by Crippen LogP contribution is -2.36. The minimum Gasteiger partial charge on any atom is -0.486 e. The van der Waals surface area contributed by atoms with Crippen LogP contribution in [0.25, 0.3) is 0 Å². The van der Waals surface area contributed by atoms with Crippen LogP contribution in [0.15, 0.2) is 12.1 Å². The minimum atomic E-state index is -0.451. The Kier molecular flexibility index (Phi) is 2.08. The maximum Gasteiger partial charge on any atom is 0.170 e. The summed E-state index contributed by atoms with van der Waals surface area (Å²) in [5.41, 5.74) is 0.141. The van der Waals surface area contributed by atoms with Crippen LogP contribution in [0, 0.1) is 0 Å². The molecule has 90 valence electrons. The Labute approximate surface area is 99.5 Å². The molecule has 0 bridgehead atoms. The highest BCUT2D eigenvalue weighted by molar-refractivity contribution is 6.01. The molecule has 17 heavy (non-hydrogen) atoms. The van der Waals surface area contributed by atoms with E-state index >= 15 is 0 Å². The molecular weight excluding hydrogens is 220 g/mol. The lowest BCUT2D eigenvalue weighted by molar-refractivity contribution is 0.0612. The van der Waals surface area contributed by atoms with Crippen LogP contribution in [-0.4, -0.2) is 24.6 Å². The molecule has 0 radical (unpaired) electrons. The maximum atomic E-state index is 12.0. The van der Waals surface area contributed by atoms with Gasteiger partial charge in [-0.15, -0.1) is 0 Å². The van der Waals surface area contributed by atoms with E-state index in [0.717, 1.165) is 0 Å². The Balaban J connectivity index is 2.10. The predicted molar refractivity (Wildman–Crippen MR) is 61.1 cm³/mol. The second-order valence-corrected chi connectivity index (χ2v) is 4.95. The number of carbonyl (C=O) groups is 1. The van der Waals surface area contributed by atoms with Gasteiger partial charge in [-0.1, -0.05) is 0 Å². The molecule has 4 nitrogen and oxygen atoms in total. The third kappa shape index (κ3) is 1.73. The number of benzene rings is 1. The van der Waals surface area contributed by atoms with E-state index < -0.39 is 5.60 Å². The van der Waals surface area contributed by atoms with E-state index in [0.29, 0.717) is 42.4 Å². The van der Waals surface area contributed by atoms with Crippen LogP contribution in [0.3, 0.4) is 0 Å². The van der Waals surface area contributed by atoms with Gasteiger partial charge in [0.05, 0.1) is 12.0 Å². The van der Waals surface area contributed by atoms with Gasteiger partial charge in [-0.05, 0) is 19.9 Å². The number of ether oxygens (including phenoxy) is 3. The Morgan fingerprint density at radius 1 is 1.06 bits per heavy atom. The summed E-state index contributed by atoms with van der Waals surface area (Å²) in [6.07, 6.45) is 0.389. The van der Waals surface area contributed by atoms with Gasteiger partial charge >= 0.3 is 0 Å². The lowest BCUT2D eigenvalue weighted by Gasteiger charge is -2.32. The van der Waals surface area contributed by atoms with E-state index in [1.165, 1.54) is 0 Å². The number of Topliss-reactive ketones (excluding diaryl/α,β-unsaturated/α-hetero) is 1. The van der Waals surface area contributed by atoms with Crippen molar-refractivity contribution in [1.82, 2.24) is 0 Å². The molecule has 0 atom stereocenters. The van der Waals surface area contributed by atoms with Crippen molar-refractivity contribution in [3.8, 4) is 17.2 Å². The van der Waals surface area contributed by atoms with E-state index in [9.17, 15) is 4.79 Å². The van der Waals surface area contributed by atoms with E-state index in [1.54, 1.807) is 12.1 Å². The van der Waals surface area contributed by atoms with Crippen LogP contribution >= 0.6 is 0 Å². The third-order valence-electron chi connectivity index (χ3n) is 2.92. The summed E-state index contributed by atoms with van der Waals surface area (Å²) in [5, 5.41) is 0. The molecule has 2 heterocycles. The molecule has 0 aromatic heterocycles. The van der Waals surface area contributed by atoms with Gasteiger partial charge in [-0.3, -0.25) is 4.79 Å². The summed E-state index contributed by atoms with van der Waals surface area (Å²) in [7, 11) is 0. The topological polar surface area (TPSA) is 44.8 Å². The summed E-state index contributed by atoms with van der Waals surface area (Å²) < 4.78 is 16.7.